The average Bonchev–Trinajstić information content (AvgIpc) is 2.60. The lowest BCUT2D eigenvalue weighted by Gasteiger charge is -2.33. The number of hydrogen-bond donors (Lipinski definition) is 1. The summed E-state index contributed by atoms with van der Waals surface area (Å²) in [5.41, 5.74) is 1.12. The molecule has 16 heavy (non-hydrogen) atoms. The molecule has 0 atom stereocenters. The Kier molecular flexibility index (Phi) is 4.85. The predicted molar refractivity (Wildman–Crippen MR) is 72.7 cm³/mol. The summed E-state index contributed by atoms with van der Waals surface area (Å²) < 4.78 is 0. The quantitative estimate of drug-likeness (QED) is 0.732. The van der Waals surface area contributed by atoms with Crippen molar-refractivity contribution >= 4 is 0 Å². The van der Waals surface area contributed by atoms with Gasteiger partial charge in [0.25, 0.3) is 0 Å². The average molecular weight is 225 g/mol. The molecule has 96 valence electrons. The minimum Gasteiger partial charge on any atom is -0.314 e. The van der Waals surface area contributed by atoms with Gasteiger partial charge in [-0.25, -0.2) is 0 Å². The molecule has 1 aliphatic carbocycles. The standard InChI is InChI=1S/C15H31N/c1-13(2)16-12-15(8-6-7-9-15)11-10-14(3,4)5/h13,16H,6-12H2,1-5H3. The molecule has 1 nitrogen and oxygen atoms in total. The molecule has 0 aliphatic heterocycles. The molecule has 1 fully saturated rings. The highest BCUT2D eigenvalue weighted by Crippen LogP contribution is 2.43. The van der Waals surface area contributed by atoms with E-state index in [1.807, 2.05) is 0 Å². The molecule has 1 rings (SSSR count). The van der Waals surface area contributed by atoms with Crippen LogP contribution in [0.1, 0.15) is 73.1 Å². The summed E-state index contributed by atoms with van der Waals surface area (Å²) in [5.74, 6) is 0. The molecule has 0 amide bonds. The van der Waals surface area contributed by atoms with Gasteiger partial charge in [-0.05, 0) is 36.5 Å². The van der Waals surface area contributed by atoms with Gasteiger partial charge in [0, 0.05) is 12.6 Å². The second kappa shape index (κ2) is 5.53. The molecular formula is C15H31N. The van der Waals surface area contributed by atoms with Gasteiger partial charge in [-0.1, -0.05) is 47.5 Å². The van der Waals surface area contributed by atoms with Gasteiger partial charge < -0.3 is 5.32 Å². The zero-order chi connectivity index (χ0) is 12.2. The molecule has 1 saturated carbocycles. The topological polar surface area (TPSA) is 12.0 Å². The van der Waals surface area contributed by atoms with E-state index in [4.69, 9.17) is 0 Å². The van der Waals surface area contributed by atoms with Crippen LogP contribution in [0.4, 0.5) is 0 Å². The number of hydrogen-bond acceptors (Lipinski definition) is 1. The van der Waals surface area contributed by atoms with Crippen LogP contribution in [-0.2, 0) is 0 Å². The maximum atomic E-state index is 3.66. The van der Waals surface area contributed by atoms with Crippen LogP contribution in [0.25, 0.3) is 0 Å². The molecule has 0 spiro atoms. The van der Waals surface area contributed by atoms with E-state index in [1.54, 1.807) is 0 Å². The molecule has 0 heterocycles. The molecule has 0 unspecified atom stereocenters. The maximum absolute atomic E-state index is 3.66. The Hall–Kier alpha value is -0.0400. The van der Waals surface area contributed by atoms with Crippen molar-refractivity contribution in [1.82, 2.24) is 5.32 Å². The Labute approximate surface area is 102 Å². The molecule has 1 aliphatic rings. The molecule has 1 N–H and O–H groups in total. The van der Waals surface area contributed by atoms with Gasteiger partial charge in [-0.15, -0.1) is 0 Å². The lowest BCUT2D eigenvalue weighted by molar-refractivity contribution is 0.205. The summed E-state index contributed by atoms with van der Waals surface area (Å²) in [4.78, 5) is 0. The monoisotopic (exact) mass is 225 g/mol. The second-order valence-electron chi connectivity index (χ2n) is 7.30. The smallest absolute Gasteiger partial charge is 0.00106 e. The molecule has 0 aromatic heterocycles. The molecule has 0 aromatic rings. The van der Waals surface area contributed by atoms with Crippen molar-refractivity contribution in [1.29, 1.82) is 0 Å². The maximum Gasteiger partial charge on any atom is 0.00106 e. The zero-order valence-electron chi connectivity index (χ0n) is 12.0. The van der Waals surface area contributed by atoms with Crippen LogP contribution < -0.4 is 5.32 Å². The summed E-state index contributed by atoms with van der Waals surface area (Å²) in [5, 5.41) is 3.66. The fourth-order valence-electron chi connectivity index (χ4n) is 2.70. The van der Waals surface area contributed by atoms with Gasteiger partial charge in [0.15, 0.2) is 0 Å². The van der Waals surface area contributed by atoms with Crippen LogP contribution in [0.3, 0.4) is 0 Å². The largest absolute Gasteiger partial charge is 0.314 e. The van der Waals surface area contributed by atoms with E-state index in [0.717, 1.165) is 0 Å². The molecule has 0 aromatic carbocycles. The lowest BCUT2D eigenvalue weighted by Crippen LogP contribution is -2.36. The minimum absolute atomic E-state index is 0.493. The van der Waals surface area contributed by atoms with Crippen molar-refractivity contribution in [2.24, 2.45) is 10.8 Å². The van der Waals surface area contributed by atoms with Gasteiger partial charge in [0.1, 0.15) is 0 Å². The van der Waals surface area contributed by atoms with E-state index in [2.05, 4.69) is 39.9 Å². The Bertz CT molecular complexity index is 194. The van der Waals surface area contributed by atoms with E-state index < -0.39 is 0 Å². The van der Waals surface area contributed by atoms with E-state index in [-0.39, 0.29) is 0 Å². The summed E-state index contributed by atoms with van der Waals surface area (Å²) >= 11 is 0. The first-order valence-corrected chi connectivity index (χ1v) is 7.06. The van der Waals surface area contributed by atoms with E-state index in [1.165, 1.54) is 45.1 Å². The Morgan fingerprint density at radius 2 is 1.69 bits per heavy atom. The van der Waals surface area contributed by atoms with Gasteiger partial charge in [-0.3, -0.25) is 0 Å². The van der Waals surface area contributed by atoms with Crippen molar-refractivity contribution < 1.29 is 0 Å². The lowest BCUT2D eigenvalue weighted by atomic mass is 9.76. The van der Waals surface area contributed by atoms with Crippen LogP contribution in [0.2, 0.25) is 0 Å². The molecule has 1 heteroatoms. The van der Waals surface area contributed by atoms with Gasteiger partial charge in [0.2, 0.25) is 0 Å². The van der Waals surface area contributed by atoms with Crippen molar-refractivity contribution in [3.8, 4) is 0 Å². The van der Waals surface area contributed by atoms with Crippen molar-refractivity contribution in [3.63, 3.8) is 0 Å². The van der Waals surface area contributed by atoms with Gasteiger partial charge in [0.05, 0.1) is 0 Å². The third-order valence-corrected chi connectivity index (χ3v) is 3.95. The van der Waals surface area contributed by atoms with E-state index in [9.17, 15) is 0 Å². The van der Waals surface area contributed by atoms with E-state index >= 15 is 0 Å². The molecule has 0 radical (unpaired) electrons. The highest BCUT2D eigenvalue weighted by atomic mass is 14.9. The third kappa shape index (κ3) is 4.86. The number of rotatable bonds is 5. The summed E-state index contributed by atoms with van der Waals surface area (Å²) in [6, 6.07) is 0.632. The Morgan fingerprint density at radius 3 is 2.12 bits per heavy atom. The van der Waals surface area contributed by atoms with Gasteiger partial charge in [-0.2, -0.15) is 0 Å². The van der Waals surface area contributed by atoms with Crippen LogP contribution in [0.15, 0.2) is 0 Å². The van der Waals surface area contributed by atoms with Crippen molar-refractivity contribution in [2.45, 2.75) is 79.2 Å². The third-order valence-electron chi connectivity index (χ3n) is 3.95. The first-order valence-electron chi connectivity index (χ1n) is 7.06. The van der Waals surface area contributed by atoms with Crippen molar-refractivity contribution in [3.05, 3.63) is 0 Å². The van der Waals surface area contributed by atoms with Crippen LogP contribution in [0.5, 0.6) is 0 Å². The van der Waals surface area contributed by atoms with Crippen LogP contribution >= 0.6 is 0 Å². The van der Waals surface area contributed by atoms with Gasteiger partial charge >= 0.3 is 0 Å². The summed E-state index contributed by atoms with van der Waals surface area (Å²) in [6.45, 7) is 12.8. The fraction of sp³-hybridized carbons (Fsp3) is 1.00. The molecule has 0 saturated heterocycles. The summed E-state index contributed by atoms with van der Waals surface area (Å²) in [6.07, 6.45) is 8.57. The summed E-state index contributed by atoms with van der Waals surface area (Å²) in [7, 11) is 0. The predicted octanol–water partition coefficient (Wildman–Crippen LogP) is 4.37. The highest BCUT2D eigenvalue weighted by molar-refractivity contribution is 4.88. The van der Waals surface area contributed by atoms with Crippen molar-refractivity contribution in [2.75, 3.05) is 6.54 Å². The molecule has 0 bridgehead atoms. The minimum atomic E-state index is 0.493. The SMILES string of the molecule is CC(C)NCC1(CCC(C)(C)C)CCCC1. The Balaban J connectivity index is 2.45. The first-order chi connectivity index (χ1) is 7.33. The normalized spacial score (nSPS) is 20.6. The second-order valence-corrected chi connectivity index (χ2v) is 7.30. The first kappa shape index (κ1) is 14.0. The highest BCUT2D eigenvalue weighted by Gasteiger charge is 2.34. The van der Waals surface area contributed by atoms with E-state index in [0.29, 0.717) is 16.9 Å². The zero-order valence-corrected chi connectivity index (χ0v) is 12.0. The fourth-order valence-corrected chi connectivity index (χ4v) is 2.70. The molecular weight excluding hydrogens is 194 g/mol. The number of nitrogens with one attached hydrogen (secondary N) is 1. The van der Waals surface area contributed by atoms with Crippen LogP contribution in [-0.4, -0.2) is 12.6 Å². The van der Waals surface area contributed by atoms with Crippen LogP contribution in [0, 0.1) is 10.8 Å². The Morgan fingerprint density at radius 1 is 1.12 bits per heavy atom.